The Kier molecular flexibility index (Phi) is 3.87. The molecule has 2 aromatic heterocycles. The van der Waals surface area contributed by atoms with E-state index in [0.29, 0.717) is 22.2 Å². The fourth-order valence-electron chi connectivity index (χ4n) is 2.65. The minimum absolute atomic E-state index is 0.303. The molecule has 0 saturated carbocycles. The molecule has 2 N–H and O–H groups in total. The third-order valence-electron chi connectivity index (χ3n) is 3.82. The maximum atomic E-state index is 12.6. The number of hydrogen-bond acceptors (Lipinski definition) is 4. The third-order valence-corrected chi connectivity index (χ3v) is 4.64. The lowest BCUT2D eigenvalue weighted by atomic mass is 10.1. The summed E-state index contributed by atoms with van der Waals surface area (Å²) in [5.41, 5.74) is 2.34. The van der Waals surface area contributed by atoms with Gasteiger partial charge in [-0.25, -0.2) is 4.98 Å². The number of aromatic nitrogens is 2. The molecule has 25 heavy (non-hydrogen) atoms. The Labute approximate surface area is 147 Å². The second-order valence-corrected chi connectivity index (χ2v) is 6.36. The SMILES string of the molecule is O=C(Nc1ccc(-c2nccs2)cc1)c1cc(=O)[nH]c2ccccc12. The van der Waals surface area contributed by atoms with Crippen LogP contribution < -0.4 is 10.9 Å². The highest BCUT2D eigenvalue weighted by molar-refractivity contribution is 7.13. The van der Waals surface area contributed by atoms with Crippen LogP contribution >= 0.6 is 11.3 Å². The van der Waals surface area contributed by atoms with Gasteiger partial charge in [0.2, 0.25) is 5.56 Å². The van der Waals surface area contributed by atoms with Crippen LogP contribution in [-0.2, 0) is 0 Å². The maximum absolute atomic E-state index is 12.6. The summed E-state index contributed by atoms with van der Waals surface area (Å²) in [7, 11) is 0. The number of pyridine rings is 1. The van der Waals surface area contributed by atoms with Crippen LogP contribution in [0.5, 0.6) is 0 Å². The van der Waals surface area contributed by atoms with Crippen molar-refractivity contribution in [3.05, 3.63) is 82.1 Å². The number of H-pyrrole nitrogens is 1. The van der Waals surface area contributed by atoms with Gasteiger partial charge in [0.25, 0.3) is 5.91 Å². The van der Waals surface area contributed by atoms with Crippen LogP contribution in [-0.4, -0.2) is 15.9 Å². The van der Waals surface area contributed by atoms with E-state index >= 15 is 0 Å². The lowest BCUT2D eigenvalue weighted by Gasteiger charge is -2.08. The van der Waals surface area contributed by atoms with Crippen molar-refractivity contribution in [2.24, 2.45) is 0 Å². The van der Waals surface area contributed by atoms with Gasteiger partial charge in [0.05, 0.1) is 5.56 Å². The highest BCUT2D eigenvalue weighted by atomic mass is 32.1. The van der Waals surface area contributed by atoms with Crippen molar-refractivity contribution < 1.29 is 4.79 Å². The van der Waals surface area contributed by atoms with E-state index in [1.807, 2.05) is 47.8 Å². The number of hydrogen-bond donors (Lipinski definition) is 2. The molecule has 0 spiro atoms. The summed E-state index contributed by atoms with van der Waals surface area (Å²) in [6.45, 7) is 0. The van der Waals surface area contributed by atoms with Crippen LogP contribution in [0.15, 0.2) is 71.0 Å². The number of amides is 1. The van der Waals surface area contributed by atoms with Gasteiger partial charge in [0, 0.05) is 39.8 Å². The Hall–Kier alpha value is -3.25. The molecule has 0 radical (unpaired) electrons. The average Bonchev–Trinajstić information content (AvgIpc) is 3.16. The van der Waals surface area contributed by atoms with Gasteiger partial charge in [0.15, 0.2) is 0 Å². The van der Waals surface area contributed by atoms with E-state index in [9.17, 15) is 9.59 Å². The number of para-hydroxylation sites is 1. The van der Waals surface area contributed by atoms with Gasteiger partial charge < -0.3 is 10.3 Å². The highest BCUT2D eigenvalue weighted by Gasteiger charge is 2.12. The quantitative estimate of drug-likeness (QED) is 0.590. The number of rotatable bonds is 3. The van der Waals surface area contributed by atoms with Gasteiger partial charge in [-0.3, -0.25) is 9.59 Å². The molecular weight excluding hydrogens is 334 g/mol. The van der Waals surface area contributed by atoms with Crippen LogP contribution in [0.25, 0.3) is 21.5 Å². The average molecular weight is 347 g/mol. The van der Waals surface area contributed by atoms with E-state index in [4.69, 9.17) is 0 Å². The van der Waals surface area contributed by atoms with Gasteiger partial charge in [-0.15, -0.1) is 11.3 Å². The second-order valence-electron chi connectivity index (χ2n) is 5.46. The number of fused-ring (bicyclic) bond motifs is 1. The van der Waals surface area contributed by atoms with Crippen molar-refractivity contribution in [2.45, 2.75) is 0 Å². The molecule has 2 heterocycles. The number of benzene rings is 2. The van der Waals surface area contributed by atoms with Gasteiger partial charge in [-0.1, -0.05) is 18.2 Å². The van der Waals surface area contributed by atoms with Gasteiger partial charge in [-0.05, 0) is 30.3 Å². The summed E-state index contributed by atoms with van der Waals surface area (Å²) in [5, 5.41) is 6.40. The Morgan fingerprint density at radius 2 is 1.88 bits per heavy atom. The summed E-state index contributed by atoms with van der Waals surface area (Å²) < 4.78 is 0. The van der Waals surface area contributed by atoms with Crippen LogP contribution in [0.2, 0.25) is 0 Å². The summed E-state index contributed by atoms with van der Waals surface area (Å²) in [5.74, 6) is -0.315. The molecule has 0 bridgehead atoms. The molecule has 122 valence electrons. The first kappa shape index (κ1) is 15.3. The Balaban J connectivity index is 1.63. The van der Waals surface area contributed by atoms with Crippen LogP contribution in [0, 0.1) is 0 Å². The van der Waals surface area contributed by atoms with E-state index < -0.39 is 0 Å². The second kappa shape index (κ2) is 6.33. The van der Waals surface area contributed by atoms with Crippen molar-refractivity contribution in [2.75, 3.05) is 5.32 Å². The topological polar surface area (TPSA) is 74.8 Å². The number of nitrogens with one attached hydrogen (secondary N) is 2. The standard InChI is InChI=1S/C19H13N3O2S/c23-17-11-15(14-3-1-2-4-16(14)22-17)18(24)21-13-7-5-12(6-8-13)19-20-9-10-25-19/h1-11H,(H,21,24)(H,22,23). The van der Waals surface area contributed by atoms with Crippen molar-refractivity contribution in [3.63, 3.8) is 0 Å². The minimum atomic E-state index is -0.315. The van der Waals surface area contributed by atoms with Gasteiger partial charge in [-0.2, -0.15) is 0 Å². The molecule has 4 rings (SSSR count). The monoisotopic (exact) mass is 347 g/mol. The molecule has 0 aliphatic rings. The third kappa shape index (κ3) is 3.07. The molecule has 0 aliphatic carbocycles. The van der Waals surface area contributed by atoms with E-state index in [2.05, 4.69) is 15.3 Å². The molecule has 1 amide bonds. The fraction of sp³-hybridized carbons (Fsp3) is 0. The predicted molar refractivity (Wildman–Crippen MR) is 100 cm³/mol. The predicted octanol–water partition coefficient (Wildman–Crippen LogP) is 3.90. The van der Waals surface area contributed by atoms with Crippen molar-refractivity contribution in [1.82, 2.24) is 9.97 Å². The first-order valence-electron chi connectivity index (χ1n) is 7.64. The Morgan fingerprint density at radius 1 is 1.08 bits per heavy atom. The van der Waals surface area contributed by atoms with E-state index in [0.717, 1.165) is 10.6 Å². The van der Waals surface area contributed by atoms with Gasteiger partial charge >= 0.3 is 0 Å². The number of nitrogens with zero attached hydrogens (tertiary/aromatic N) is 1. The van der Waals surface area contributed by atoms with Crippen LogP contribution in [0.1, 0.15) is 10.4 Å². The summed E-state index contributed by atoms with van der Waals surface area (Å²) in [4.78, 5) is 31.4. The first-order valence-corrected chi connectivity index (χ1v) is 8.52. The van der Waals surface area contributed by atoms with Crippen molar-refractivity contribution in [1.29, 1.82) is 0 Å². The Morgan fingerprint density at radius 3 is 2.64 bits per heavy atom. The summed E-state index contributed by atoms with van der Waals surface area (Å²) in [6, 6.07) is 16.0. The molecule has 0 unspecified atom stereocenters. The summed E-state index contributed by atoms with van der Waals surface area (Å²) in [6.07, 6.45) is 1.76. The Bertz CT molecular complexity index is 1100. The fourth-order valence-corrected chi connectivity index (χ4v) is 3.30. The molecule has 0 aliphatic heterocycles. The zero-order valence-electron chi connectivity index (χ0n) is 13.0. The molecule has 0 fully saturated rings. The molecular formula is C19H13N3O2S. The largest absolute Gasteiger partial charge is 0.322 e. The van der Waals surface area contributed by atoms with E-state index in [1.54, 1.807) is 23.6 Å². The maximum Gasteiger partial charge on any atom is 0.256 e. The smallest absolute Gasteiger partial charge is 0.256 e. The van der Waals surface area contributed by atoms with Crippen molar-refractivity contribution >= 4 is 33.8 Å². The summed E-state index contributed by atoms with van der Waals surface area (Å²) >= 11 is 1.56. The lowest BCUT2D eigenvalue weighted by Crippen LogP contribution is -2.16. The zero-order valence-corrected chi connectivity index (χ0v) is 13.8. The lowest BCUT2D eigenvalue weighted by molar-refractivity contribution is 0.102. The molecule has 2 aromatic carbocycles. The van der Waals surface area contributed by atoms with Crippen LogP contribution in [0.3, 0.4) is 0 Å². The van der Waals surface area contributed by atoms with Crippen molar-refractivity contribution in [3.8, 4) is 10.6 Å². The molecule has 6 heteroatoms. The van der Waals surface area contributed by atoms with Crippen LogP contribution in [0.4, 0.5) is 5.69 Å². The first-order chi connectivity index (χ1) is 12.2. The molecule has 5 nitrogen and oxygen atoms in total. The normalized spacial score (nSPS) is 10.7. The molecule has 0 saturated heterocycles. The van der Waals surface area contributed by atoms with Gasteiger partial charge in [0.1, 0.15) is 5.01 Å². The number of anilines is 1. The number of thiazole rings is 1. The highest BCUT2D eigenvalue weighted by Crippen LogP contribution is 2.24. The zero-order chi connectivity index (χ0) is 17.2. The van der Waals surface area contributed by atoms with E-state index in [-0.39, 0.29) is 11.5 Å². The van der Waals surface area contributed by atoms with E-state index in [1.165, 1.54) is 6.07 Å². The number of carbonyl (C=O) groups is 1. The number of carbonyl (C=O) groups excluding carboxylic acids is 1. The molecule has 0 atom stereocenters. The molecule has 4 aromatic rings. The minimum Gasteiger partial charge on any atom is -0.322 e. The number of aromatic amines is 1.